The van der Waals surface area contributed by atoms with Crippen LogP contribution in [0.2, 0.25) is 0 Å². The lowest BCUT2D eigenvalue weighted by atomic mass is 10.0. The zero-order valence-electron chi connectivity index (χ0n) is 17.3. The van der Waals surface area contributed by atoms with Crippen LogP contribution in [0.25, 0.3) is 11.6 Å². The minimum atomic E-state index is 0.847. The summed E-state index contributed by atoms with van der Waals surface area (Å²) in [7, 11) is 1.73. The Labute approximate surface area is 178 Å². The van der Waals surface area contributed by atoms with Gasteiger partial charge in [-0.05, 0) is 60.5 Å². The average molecular weight is 392 g/mol. The Bertz CT molecular complexity index is 1080. The van der Waals surface area contributed by atoms with Gasteiger partial charge in [-0.2, -0.15) is 0 Å². The van der Waals surface area contributed by atoms with Crippen molar-refractivity contribution in [2.75, 3.05) is 12.0 Å². The monoisotopic (exact) mass is 391 g/mol. The molecule has 0 aliphatic rings. The Morgan fingerprint density at radius 3 is 1.73 bits per heavy atom. The zero-order valence-corrected chi connectivity index (χ0v) is 17.3. The lowest BCUT2D eigenvalue weighted by molar-refractivity contribution is 0.414. The molecule has 0 spiro atoms. The lowest BCUT2D eigenvalue weighted by Gasteiger charge is -2.26. The van der Waals surface area contributed by atoms with E-state index >= 15 is 0 Å². The highest BCUT2D eigenvalue weighted by Crippen LogP contribution is 2.37. The number of para-hydroxylation sites is 2. The Balaban J connectivity index is 1.77. The van der Waals surface area contributed by atoms with Crippen LogP contribution in [-0.4, -0.2) is 7.11 Å². The first kappa shape index (κ1) is 19.5. The molecule has 2 nitrogen and oxygen atoms in total. The van der Waals surface area contributed by atoms with E-state index in [2.05, 4.69) is 109 Å². The van der Waals surface area contributed by atoms with Crippen LogP contribution in [0.15, 0.2) is 109 Å². The van der Waals surface area contributed by atoms with Crippen LogP contribution < -0.4 is 9.64 Å². The van der Waals surface area contributed by atoms with Gasteiger partial charge in [-0.25, -0.2) is 0 Å². The third-order valence-corrected chi connectivity index (χ3v) is 5.11. The zero-order chi connectivity index (χ0) is 20.8. The van der Waals surface area contributed by atoms with Crippen molar-refractivity contribution in [3.05, 3.63) is 120 Å². The molecule has 0 aliphatic carbocycles. The van der Waals surface area contributed by atoms with Gasteiger partial charge in [0.15, 0.2) is 0 Å². The smallest absolute Gasteiger partial charge is 0.128 e. The molecule has 4 aromatic rings. The van der Waals surface area contributed by atoms with Crippen molar-refractivity contribution in [2.45, 2.75) is 6.92 Å². The summed E-state index contributed by atoms with van der Waals surface area (Å²) in [6, 6.07) is 37.6. The number of hydrogen-bond acceptors (Lipinski definition) is 2. The molecule has 4 rings (SSSR count). The molecule has 148 valence electrons. The number of nitrogens with zero attached hydrogens (tertiary/aromatic N) is 1. The van der Waals surface area contributed by atoms with Crippen LogP contribution in [0.5, 0.6) is 5.75 Å². The Morgan fingerprint density at radius 2 is 1.20 bits per heavy atom. The van der Waals surface area contributed by atoms with E-state index in [4.69, 9.17) is 4.74 Å². The van der Waals surface area contributed by atoms with Gasteiger partial charge in [-0.15, -0.1) is 0 Å². The fraction of sp³-hybridized carbons (Fsp3) is 0.0714. The van der Waals surface area contributed by atoms with Crippen LogP contribution in [0.4, 0.5) is 17.1 Å². The maximum Gasteiger partial charge on any atom is 0.128 e. The fourth-order valence-corrected chi connectivity index (χ4v) is 3.58. The van der Waals surface area contributed by atoms with Gasteiger partial charge in [-0.1, -0.05) is 66.7 Å². The number of rotatable bonds is 6. The van der Waals surface area contributed by atoms with Gasteiger partial charge in [-0.3, -0.25) is 0 Å². The van der Waals surface area contributed by atoms with E-state index in [-0.39, 0.29) is 0 Å². The van der Waals surface area contributed by atoms with E-state index in [0.717, 1.165) is 28.4 Å². The molecule has 0 saturated carbocycles. The first-order chi connectivity index (χ1) is 14.8. The minimum absolute atomic E-state index is 0.847. The van der Waals surface area contributed by atoms with E-state index in [1.807, 2.05) is 18.2 Å². The maximum absolute atomic E-state index is 5.77. The quantitative estimate of drug-likeness (QED) is 0.312. The second kappa shape index (κ2) is 9.15. The summed E-state index contributed by atoms with van der Waals surface area (Å²) in [5, 5.41) is 0. The molecule has 0 amide bonds. The molecule has 0 bridgehead atoms. The third-order valence-electron chi connectivity index (χ3n) is 5.11. The van der Waals surface area contributed by atoms with Crippen molar-refractivity contribution in [3.8, 4) is 5.75 Å². The summed E-state index contributed by atoms with van der Waals surface area (Å²) in [5.74, 6) is 0.847. The summed E-state index contributed by atoms with van der Waals surface area (Å²) in [5.41, 5.74) is 6.73. The standard InChI is InChI=1S/C28H25NO/c1-22(23-12-6-3-7-13-23)20-24-18-19-27(21-28(24)30-2)29(25-14-8-4-9-15-25)26-16-10-5-11-17-26/h3-21H,1-2H3. The highest BCUT2D eigenvalue weighted by Gasteiger charge is 2.14. The second-order valence-electron chi connectivity index (χ2n) is 7.13. The van der Waals surface area contributed by atoms with Crippen molar-refractivity contribution >= 4 is 28.7 Å². The van der Waals surface area contributed by atoms with E-state index in [9.17, 15) is 0 Å². The van der Waals surface area contributed by atoms with E-state index in [1.165, 1.54) is 11.1 Å². The summed E-state index contributed by atoms with van der Waals surface area (Å²) in [6.07, 6.45) is 2.17. The number of anilines is 3. The van der Waals surface area contributed by atoms with Crippen LogP contribution in [0, 0.1) is 0 Å². The SMILES string of the molecule is COc1cc(N(c2ccccc2)c2ccccc2)ccc1C=C(C)c1ccccc1. The van der Waals surface area contributed by atoms with Crippen LogP contribution in [0.3, 0.4) is 0 Å². The van der Waals surface area contributed by atoms with Crippen LogP contribution in [0.1, 0.15) is 18.1 Å². The van der Waals surface area contributed by atoms with Gasteiger partial charge in [0.1, 0.15) is 5.75 Å². The molecule has 0 N–H and O–H groups in total. The van der Waals surface area contributed by atoms with Crippen LogP contribution in [-0.2, 0) is 0 Å². The molecule has 0 saturated heterocycles. The summed E-state index contributed by atoms with van der Waals surface area (Å²) in [4.78, 5) is 2.24. The predicted molar refractivity (Wildman–Crippen MR) is 128 cm³/mol. The summed E-state index contributed by atoms with van der Waals surface area (Å²) >= 11 is 0. The van der Waals surface area contributed by atoms with Gasteiger partial charge in [0.25, 0.3) is 0 Å². The number of benzene rings is 4. The Kier molecular flexibility index (Phi) is 5.95. The number of hydrogen-bond donors (Lipinski definition) is 0. The van der Waals surface area contributed by atoms with Crippen molar-refractivity contribution in [2.24, 2.45) is 0 Å². The van der Waals surface area contributed by atoms with E-state index in [0.29, 0.717) is 0 Å². The molecule has 2 heteroatoms. The highest BCUT2D eigenvalue weighted by atomic mass is 16.5. The van der Waals surface area contributed by atoms with Gasteiger partial charge < -0.3 is 9.64 Å². The molecular weight excluding hydrogens is 366 g/mol. The molecule has 0 heterocycles. The normalized spacial score (nSPS) is 11.2. The first-order valence-corrected chi connectivity index (χ1v) is 10.1. The molecule has 0 aromatic heterocycles. The van der Waals surface area contributed by atoms with Gasteiger partial charge >= 0.3 is 0 Å². The fourth-order valence-electron chi connectivity index (χ4n) is 3.58. The van der Waals surface area contributed by atoms with Crippen molar-refractivity contribution < 1.29 is 4.74 Å². The molecule has 30 heavy (non-hydrogen) atoms. The largest absolute Gasteiger partial charge is 0.496 e. The summed E-state index contributed by atoms with van der Waals surface area (Å²) in [6.45, 7) is 2.13. The predicted octanol–water partition coefficient (Wildman–Crippen LogP) is 7.73. The third kappa shape index (κ3) is 4.28. The number of methoxy groups -OCH3 is 1. The first-order valence-electron chi connectivity index (χ1n) is 10.1. The Hall–Kier alpha value is -3.78. The van der Waals surface area contributed by atoms with Crippen LogP contribution >= 0.6 is 0 Å². The minimum Gasteiger partial charge on any atom is -0.496 e. The van der Waals surface area contributed by atoms with E-state index < -0.39 is 0 Å². The maximum atomic E-state index is 5.77. The van der Waals surface area contributed by atoms with Crippen molar-refractivity contribution in [3.63, 3.8) is 0 Å². The van der Waals surface area contributed by atoms with Crippen molar-refractivity contribution in [1.29, 1.82) is 0 Å². The molecule has 0 atom stereocenters. The second-order valence-corrected chi connectivity index (χ2v) is 7.13. The molecule has 0 radical (unpaired) electrons. The molecular formula is C28H25NO. The van der Waals surface area contributed by atoms with Gasteiger partial charge in [0.2, 0.25) is 0 Å². The topological polar surface area (TPSA) is 12.5 Å². The molecule has 0 unspecified atom stereocenters. The molecule has 0 fully saturated rings. The van der Waals surface area contributed by atoms with Gasteiger partial charge in [0, 0.05) is 28.7 Å². The molecule has 0 aliphatic heterocycles. The highest BCUT2D eigenvalue weighted by molar-refractivity contribution is 5.84. The van der Waals surface area contributed by atoms with Crippen molar-refractivity contribution in [1.82, 2.24) is 0 Å². The number of allylic oxidation sites excluding steroid dienone is 1. The summed E-state index contributed by atoms with van der Waals surface area (Å²) < 4.78 is 5.77. The molecule has 4 aromatic carbocycles. The Morgan fingerprint density at radius 1 is 0.667 bits per heavy atom. The average Bonchev–Trinajstić information content (AvgIpc) is 2.82. The van der Waals surface area contributed by atoms with E-state index in [1.54, 1.807) is 7.11 Å². The van der Waals surface area contributed by atoms with Gasteiger partial charge in [0.05, 0.1) is 7.11 Å². The number of ether oxygens (including phenoxy) is 1. The lowest BCUT2D eigenvalue weighted by Crippen LogP contribution is -2.10.